The quantitative estimate of drug-likeness (QED) is 0.867. The van der Waals surface area contributed by atoms with Gasteiger partial charge in [0.2, 0.25) is 5.91 Å². The van der Waals surface area contributed by atoms with Crippen LogP contribution in [0.3, 0.4) is 0 Å². The van der Waals surface area contributed by atoms with Crippen LogP contribution in [0.25, 0.3) is 0 Å². The van der Waals surface area contributed by atoms with E-state index in [2.05, 4.69) is 9.97 Å². The van der Waals surface area contributed by atoms with Gasteiger partial charge in [0.25, 0.3) is 5.56 Å². The molecule has 3 heterocycles. The predicted octanol–water partition coefficient (Wildman–Crippen LogP) is 1.78. The van der Waals surface area contributed by atoms with Gasteiger partial charge in [0, 0.05) is 35.9 Å². The first-order valence-electron chi connectivity index (χ1n) is 9.05. The number of nitrogens with one attached hydrogen (secondary N) is 1. The normalized spacial score (nSPS) is 19.3. The number of fused-ring (bicyclic) bond motifs is 1. The summed E-state index contributed by atoms with van der Waals surface area (Å²) in [5.41, 5.74) is 1.57. The largest absolute Gasteiger partial charge is 0.378 e. The van der Waals surface area contributed by atoms with Gasteiger partial charge < -0.3 is 19.5 Å². The maximum absolute atomic E-state index is 13.0. The van der Waals surface area contributed by atoms with E-state index in [1.54, 1.807) is 4.90 Å². The van der Waals surface area contributed by atoms with Gasteiger partial charge in [-0.3, -0.25) is 9.59 Å². The van der Waals surface area contributed by atoms with Crippen LogP contribution in [0.1, 0.15) is 18.3 Å². The number of benzene rings is 1. The number of H-pyrrole nitrogens is 1. The van der Waals surface area contributed by atoms with Crippen molar-refractivity contribution in [3.05, 3.63) is 51.0 Å². The lowest BCUT2D eigenvalue weighted by Crippen LogP contribution is -2.39. The average molecular weight is 389 g/mol. The number of hydrogen-bond acceptors (Lipinski definition) is 5. The highest BCUT2D eigenvalue weighted by Crippen LogP contribution is 2.36. The van der Waals surface area contributed by atoms with E-state index < -0.39 is 0 Å². The SMILES string of the molecule is C[C@H]1Cc2c(Cl)cccc2N1C(=O)Cc1nc(N2CCOCC2)cc(=O)[nH]1. The predicted molar refractivity (Wildman–Crippen MR) is 104 cm³/mol. The van der Waals surface area contributed by atoms with Crippen LogP contribution >= 0.6 is 11.6 Å². The highest BCUT2D eigenvalue weighted by Gasteiger charge is 2.32. The van der Waals surface area contributed by atoms with Gasteiger partial charge in [-0.15, -0.1) is 0 Å². The summed E-state index contributed by atoms with van der Waals surface area (Å²) >= 11 is 6.28. The molecule has 27 heavy (non-hydrogen) atoms. The molecule has 142 valence electrons. The number of hydrogen-bond donors (Lipinski definition) is 1. The number of ether oxygens (including phenoxy) is 1. The molecule has 2 aromatic rings. The van der Waals surface area contributed by atoms with Gasteiger partial charge in [-0.1, -0.05) is 17.7 Å². The Morgan fingerprint density at radius 2 is 2.15 bits per heavy atom. The Bertz CT molecular complexity index is 923. The molecule has 0 saturated carbocycles. The number of aromatic amines is 1. The number of anilines is 2. The summed E-state index contributed by atoms with van der Waals surface area (Å²) in [7, 11) is 0. The van der Waals surface area contributed by atoms with Crippen molar-refractivity contribution in [1.29, 1.82) is 0 Å². The van der Waals surface area contributed by atoms with Crippen molar-refractivity contribution in [3.63, 3.8) is 0 Å². The molecule has 1 aromatic carbocycles. The fraction of sp³-hybridized carbons (Fsp3) is 0.421. The van der Waals surface area contributed by atoms with Crippen molar-refractivity contribution >= 4 is 29.0 Å². The van der Waals surface area contributed by atoms with E-state index in [1.165, 1.54) is 6.07 Å². The summed E-state index contributed by atoms with van der Waals surface area (Å²) in [5.74, 6) is 0.852. The molecule has 0 aliphatic carbocycles. The number of nitrogens with zero attached hydrogens (tertiary/aromatic N) is 3. The number of rotatable bonds is 3. The second-order valence-corrected chi connectivity index (χ2v) is 7.29. The first kappa shape index (κ1) is 18.0. The zero-order valence-corrected chi connectivity index (χ0v) is 15.8. The standard InChI is InChI=1S/C19H21ClN4O3/c1-12-9-13-14(20)3-2-4-15(13)24(12)19(26)10-16-21-17(11-18(25)22-16)23-5-7-27-8-6-23/h2-4,11-12H,5-10H2,1H3,(H,21,22,25)/t12-/m0/s1. The number of carbonyl (C=O) groups excluding carboxylic acids is 1. The van der Waals surface area contributed by atoms with Gasteiger partial charge in [0.15, 0.2) is 0 Å². The Morgan fingerprint density at radius 1 is 1.37 bits per heavy atom. The summed E-state index contributed by atoms with van der Waals surface area (Å²) in [6, 6.07) is 7.07. The zero-order chi connectivity index (χ0) is 19.0. The second-order valence-electron chi connectivity index (χ2n) is 6.88. The molecule has 1 atom stereocenters. The minimum atomic E-state index is -0.257. The Balaban J connectivity index is 1.58. The number of aromatic nitrogens is 2. The van der Waals surface area contributed by atoms with Gasteiger partial charge in [-0.25, -0.2) is 4.98 Å². The topological polar surface area (TPSA) is 78.5 Å². The van der Waals surface area contributed by atoms with Crippen LogP contribution in [0.4, 0.5) is 11.5 Å². The minimum Gasteiger partial charge on any atom is -0.378 e. The van der Waals surface area contributed by atoms with Crippen LogP contribution in [0.15, 0.2) is 29.1 Å². The monoisotopic (exact) mass is 388 g/mol. The van der Waals surface area contributed by atoms with E-state index in [-0.39, 0.29) is 23.9 Å². The third kappa shape index (κ3) is 3.57. The van der Waals surface area contributed by atoms with Crippen molar-refractivity contribution in [2.45, 2.75) is 25.8 Å². The number of carbonyl (C=O) groups is 1. The van der Waals surface area contributed by atoms with E-state index in [0.29, 0.717) is 43.0 Å². The smallest absolute Gasteiger partial charge is 0.252 e. The highest BCUT2D eigenvalue weighted by atomic mass is 35.5. The van der Waals surface area contributed by atoms with Gasteiger partial charge in [-0.05, 0) is 31.0 Å². The Kier molecular flexibility index (Phi) is 4.88. The molecule has 7 nitrogen and oxygen atoms in total. The van der Waals surface area contributed by atoms with Gasteiger partial charge >= 0.3 is 0 Å². The maximum Gasteiger partial charge on any atom is 0.252 e. The molecule has 1 fully saturated rings. The third-order valence-electron chi connectivity index (χ3n) is 4.99. The van der Waals surface area contributed by atoms with Crippen LogP contribution < -0.4 is 15.4 Å². The van der Waals surface area contributed by atoms with E-state index >= 15 is 0 Å². The lowest BCUT2D eigenvalue weighted by atomic mass is 10.1. The summed E-state index contributed by atoms with van der Waals surface area (Å²) in [4.78, 5) is 36.0. The zero-order valence-electron chi connectivity index (χ0n) is 15.1. The summed E-state index contributed by atoms with van der Waals surface area (Å²) < 4.78 is 5.34. The molecule has 1 amide bonds. The number of halogens is 1. The summed E-state index contributed by atoms with van der Waals surface area (Å²) in [6.07, 6.45) is 0.752. The molecule has 1 aromatic heterocycles. The number of amides is 1. The molecule has 2 aliphatic rings. The Hall–Kier alpha value is -2.38. The van der Waals surface area contributed by atoms with Crippen molar-refractivity contribution in [1.82, 2.24) is 9.97 Å². The van der Waals surface area contributed by atoms with Crippen LogP contribution in [-0.2, 0) is 22.4 Å². The summed E-state index contributed by atoms with van der Waals surface area (Å²) in [6.45, 7) is 4.56. The molecule has 8 heteroatoms. The van der Waals surface area contributed by atoms with Crippen molar-refractivity contribution < 1.29 is 9.53 Å². The fourth-order valence-electron chi connectivity index (χ4n) is 3.74. The van der Waals surface area contributed by atoms with Crippen LogP contribution in [0.5, 0.6) is 0 Å². The molecule has 0 spiro atoms. The molecule has 0 unspecified atom stereocenters. The van der Waals surface area contributed by atoms with Gasteiger partial charge in [0.05, 0.1) is 19.6 Å². The van der Waals surface area contributed by atoms with Crippen LogP contribution in [0, 0.1) is 0 Å². The maximum atomic E-state index is 13.0. The van der Waals surface area contributed by atoms with Crippen molar-refractivity contribution in [2.75, 3.05) is 36.1 Å². The lowest BCUT2D eigenvalue weighted by molar-refractivity contribution is -0.118. The average Bonchev–Trinajstić information content (AvgIpc) is 2.99. The fourth-order valence-corrected chi connectivity index (χ4v) is 3.99. The molecule has 0 radical (unpaired) electrons. The van der Waals surface area contributed by atoms with E-state index in [1.807, 2.05) is 30.0 Å². The molecule has 0 bridgehead atoms. The van der Waals surface area contributed by atoms with Crippen LogP contribution in [0.2, 0.25) is 5.02 Å². The van der Waals surface area contributed by atoms with Gasteiger partial charge in [0.1, 0.15) is 11.6 Å². The van der Waals surface area contributed by atoms with E-state index in [0.717, 1.165) is 17.7 Å². The molecule has 4 rings (SSSR count). The third-order valence-corrected chi connectivity index (χ3v) is 5.35. The highest BCUT2D eigenvalue weighted by molar-refractivity contribution is 6.32. The molecular formula is C19H21ClN4O3. The van der Waals surface area contributed by atoms with Gasteiger partial charge in [-0.2, -0.15) is 0 Å². The van der Waals surface area contributed by atoms with E-state index in [9.17, 15) is 9.59 Å². The minimum absolute atomic E-state index is 0.0153. The molecule has 2 aliphatic heterocycles. The Labute approximate surface area is 161 Å². The van der Waals surface area contributed by atoms with E-state index in [4.69, 9.17) is 16.3 Å². The molecular weight excluding hydrogens is 368 g/mol. The first-order valence-corrected chi connectivity index (χ1v) is 9.43. The summed E-state index contributed by atoms with van der Waals surface area (Å²) in [5, 5.41) is 0.676. The van der Waals surface area contributed by atoms with Crippen molar-refractivity contribution in [2.24, 2.45) is 0 Å². The first-order chi connectivity index (χ1) is 13.0. The Morgan fingerprint density at radius 3 is 2.93 bits per heavy atom. The van der Waals surface area contributed by atoms with Crippen LogP contribution in [-0.4, -0.2) is 48.2 Å². The molecule has 1 saturated heterocycles. The second kappa shape index (κ2) is 7.32. The number of morpholine rings is 1. The lowest BCUT2D eigenvalue weighted by Gasteiger charge is -2.28. The van der Waals surface area contributed by atoms with Crippen molar-refractivity contribution in [3.8, 4) is 0 Å². The molecule has 1 N–H and O–H groups in total.